The largest absolute Gasteiger partial charge is 0.484 e. The van der Waals surface area contributed by atoms with Crippen molar-refractivity contribution in [3.8, 4) is 5.75 Å². The van der Waals surface area contributed by atoms with E-state index in [0.717, 1.165) is 29.5 Å². The van der Waals surface area contributed by atoms with Crippen LogP contribution in [0.5, 0.6) is 5.75 Å². The van der Waals surface area contributed by atoms with Crippen molar-refractivity contribution in [3.05, 3.63) is 101 Å². The van der Waals surface area contributed by atoms with Gasteiger partial charge in [0.15, 0.2) is 6.61 Å². The summed E-state index contributed by atoms with van der Waals surface area (Å²) in [5.41, 5.74) is 4.35. The van der Waals surface area contributed by atoms with Crippen molar-refractivity contribution in [3.63, 3.8) is 0 Å². The van der Waals surface area contributed by atoms with Crippen LogP contribution in [0.2, 0.25) is 0 Å². The van der Waals surface area contributed by atoms with Crippen LogP contribution in [0.3, 0.4) is 0 Å². The number of aryl methyl sites for hydroxylation is 1. The van der Waals surface area contributed by atoms with Gasteiger partial charge in [0.05, 0.1) is 0 Å². The zero-order valence-corrected chi connectivity index (χ0v) is 23.5. The molecule has 38 heavy (non-hydrogen) atoms. The molecule has 5 nitrogen and oxygen atoms in total. The summed E-state index contributed by atoms with van der Waals surface area (Å²) in [6.45, 7) is 11.4. The fraction of sp³-hybridized carbons (Fsp3) is 0.394. The molecule has 0 heterocycles. The summed E-state index contributed by atoms with van der Waals surface area (Å²) in [4.78, 5) is 28.8. The van der Waals surface area contributed by atoms with Crippen LogP contribution in [0, 0.1) is 6.92 Å². The lowest BCUT2D eigenvalue weighted by Crippen LogP contribution is -2.51. The van der Waals surface area contributed by atoms with Gasteiger partial charge in [-0.15, -0.1) is 0 Å². The maximum Gasteiger partial charge on any atom is 0.261 e. The lowest BCUT2D eigenvalue weighted by atomic mass is 9.87. The minimum Gasteiger partial charge on any atom is -0.484 e. The van der Waals surface area contributed by atoms with Gasteiger partial charge in [0.1, 0.15) is 11.8 Å². The summed E-state index contributed by atoms with van der Waals surface area (Å²) < 4.78 is 5.93. The highest BCUT2D eigenvalue weighted by atomic mass is 16.5. The number of nitrogens with one attached hydrogen (secondary N) is 1. The molecule has 0 spiro atoms. The van der Waals surface area contributed by atoms with Crippen molar-refractivity contribution in [1.29, 1.82) is 0 Å². The first-order chi connectivity index (χ1) is 18.2. The van der Waals surface area contributed by atoms with E-state index in [1.807, 2.05) is 85.8 Å². The van der Waals surface area contributed by atoms with Gasteiger partial charge in [0.25, 0.3) is 5.91 Å². The number of hydrogen-bond acceptors (Lipinski definition) is 3. The Morgan fingerprint density at radius 3 is 2.16 bits per heavy atom. The van der Waals surface area contributed by atoms with Gasteiger partial charge >= 0.3 is 0 Å². The average molecular weight is 515 g/mol. The van der Waals surface area contributed by atoms with Gasteiger partial charge in [0, 0.05) is 19.5 Å². The number of benzene rings is 3. The van der Waals surface area contributed by atoms with E-state index < -0.39 is 6.04 Å². The highest BCUT2D eigenvalue weighted by Crippen LogP contribution is 2.24. The molecule has 1 N–H and O–H groups in total. The lowest BCUT2D eigenvalue weighted by Gasteiger charge is -2.31. The summed E-state index contributed by atoms with van der Waals surface area (Å²) in [5.74, 6) is 0.267. The molecule has 0 aromatic heterocycles. The topological polar surface area (TPSA) is 58.6 Å². The molecule has 0 aliphatic heterocycles. The van der Waals surface area contributed by atoms with Gasteiger partial charge in [-0.3, -0.25) is 9.59 Å². The molecule has 0 unspecified atom stereocenters. The van der Waals surface area contributed by atoms with Crippen LogP contribution in [0.15, 0.2) is 78.9 Å². The summed E-state index contributed by atoms with van der Waals surface area (Å²) in [7, 11) is 0. The van der Waals surface area contributed by atoms with Gasteiger partial charge in [-0.1, -0.05) is 106 Å². The number of rotatable bonds is 12. The van der Waals surface area contributed by atoms with Crippen LogP contribution in [0.1, 0.15) is 62.8 Å². The zero-order valence-electron chi connectivity index (χ0n) is 23.5. The zero-order chi connectivity index (χ0) is 27.5. The maximum atomic E-state index is 13.7. The second-order valence-corrected chi connectivity index (χ2v) is 10.9. The third-order valence-corrected chi connectivity index (χ3v) is 6.66. The molecule has 2 amide bonds. The average Bonchev–Trinajstić information content (AvgIpc) is 2.90. The molecule has 0 aliphatic rings. The molecule has 0 saturated carbocycles. The molecular formula is C33H42N2O3. The number of amides is 2. The van der Waals surface area contributed by atoms with Crippen molar-refractivity contribution in [2.45, 2.75) is 71.9 Å². The van der Waals surface area contributed by atoms with Crippen molar-refractivity contribution < 1.29 is 14.3 Å². The van der Waals surface area contributed by atoms with Crippen LogP contribution in [-0.4, -0.2) is 35.9 Å². The Hall–Kier alpha value is -3.60. The number of ether oxygens (including phenoxy) is 1. The molecule has 0 saturated heterocycles. The van der Waals surface area contributed by atoms with E-state index >= 15 is 0 Å². The predicted molar refractivity (Wildman–Crippen MR) is 154 cm³/mol. The summed E-state index contributed by atoms with van der Waals surface area (Å²) in [6.07, 6.45) is 2.30. The van der Waals surface area contributed by atoms with Crippen molar-refractivity contribution >= 4 is 11.8 Å². The fourth-order valence-electron chi connectivity index (χ4n) is 4.23. The Labute approximate surface area is 228 Å². The van der Waals surface area contributed by atoms with E-state index in [1.165, 1.54) is 5.56 Å². The molecule has 3 rings (SSSR count). The molecule has 3 aromatic carbocycles. The van der Waals surface area contributed by atoms with Crippen LogP contribution < -0.4 is 10.1 Å². The van der Waals surface area contributed by atoms with Crippen LogP contribution >= 0.6 is 0 Å². The monoisotopic (exact) mass is 514 g/mol. The van der Waals surface area contributed by atoms with E-state index in [2.05, 4.69) is 33.0 Å². The SMILES string of the molecule is CCCCNC(=O)[C@H](Cc1ccccc1)N(Cc1ccc(C)cc1)C(=O)COc1ccc(C(C)(C)C)cc1. The number of unbranched alkanes of at least 4 members (excludes halogenated alkanes) is 1. The minimum atomic E-state index is -0.657. The van der Waals surface area contributed by atoms with E-state index in [9.17, 15) is 9.59 Å². The van der Waals surface area contributed by atoms with Crippen molar-refractivity contribution in [2.24, 2.45) is 0 Å². The highest BCUT2D eigenvalue weighted by Gasteiger charge is 2.30. The quantitative estimate of drug-likeness (QED) is 0.292. The standard InChI is InChI=1S/C33H42N2O3/c1-6-7-21-34-32(37)30(22-26-11-9-8-10-12-26)35(23-27-15-13-25(2)14-16-27)31(36)24-38-29-19-17-28(18-20-29)33(3,4)5/h8-20,30H,6-7,21-24H2,1-5H3,(H,34,37)/t30-/m0/s1. The van der Waals surface area contributed by atoms with Crippen LogP contribution in [0.25, 0.3) is 0 Å². The molecule has 5 heteroatoms. The van der Waals surface area contributed by atoms with Crippen molar-refractivity contribution in [1.82, 2.24) is 10.2 Å². The predicted octanol–water partition coefficient (Wildman–Crippen LogP) is 6.23. The van der Waals surface area contributed by atoms with Crippen LogP contribution in [-0.2, 0) is 28.0 Å². The first-order valence-electron chi connectivity index (χ1n) is 13.6. The van der Waals surface area contributed by atoms with Gasteiger partial charge in [-0.25, -0.2) is 0 Å². The Kier molecular flexibility index (Phi) is 10.5. The Balaban J connectivity index is 1.85. The van der Waals surface area contributed by atoms with E-state index in [-0.39, 0.29) is 23.8 Å². The van der Waals surface area contributed by atoms with E-state index in [4.69, 9.17) is 4.74 Å². The first-order valence-corrected chi connectivity index (χ1v) is 13.6. The van der Waals surface area contributed by atoms with E-state index in [0.29, 0.717) is 25.3 Å². The number of carbonyl (C=O) groups is 2. The lowest BCUT2D eigenvalue weighted by molar-refractivity contribution is -0.142. The van der Waals surface area contributed by atoms with Crippen molar-refractivity contribution in [2.75, 3.05) is 13.2 Å². The normalized spacial score (nSPS) is 12.0. The number of hydrogen-bond donors (Lipinski definition) is 1. The molecule has 0 aliphatic carbocycles. The second kappa shape index (κ2) is 13.8. The highest BCUT2D eigenvalue weighted by molar-refractivity contribution is 5.88. The summed E-state index contributed by atoms with van der Waals surface area (Å²) in [6, 6.07) is 25.1. The number of carbonyl (C=O) groups excluding carboxylic acids is 2. The Morgan fingerprint density at radius 1 is 0.895 bits per heavy atom. The summed E-state index contributed by atoms with van der Waals surface area (Å²) in [5, 5.41) is 3.05. The molecule has 0 bridgehead atoms. The smallest absolute Gasteiger partial charge is 0.261 e. The Morgan fingerprint density at radius 2 is 1.55 bits per heavy atom. The first kappa shape index (κ1) is 29.0. The molecular weight excluding hydrogens is 472 g/mol. The number of nitrogens with zero attached hydrogens (tertiary/aromatic N) is 1. The third-order valence-electron chi connectivity index (χ3n) is 6.66. The minimum absolute atomic E-state index is 0.0367. The summed E-state index contributed by atoms with van der Waals surface area (Å²) >= 11 is 0. The molecule has 0 radical (unpaired) electrons. The van der Waals surface area contributed by atoms with Gasteiger partial charge in [-0.05, 0) is 47.6 Å². The molecule has 202 valence electrons. The second-order valence-electron chi connectivity index (χ2n) is 10.9. The fourth-order valence-corrected chi connectivity index (χ4v) is 4.23. The van der Waals surface area contributed by atoms with Gasteiger partial charge < -0.3 is 15.0 Å². The van der Waals surface area contributed by atoms with Crippen LogP contribution in [0.4, 0.5) is 0 Å². The maximum absolute atomic E-state index is 13.7. The van der Waals surface area contributed by atoms with Gasteiger partial charge in [0.2, 0.25) is 5.91 Å². The molecule has 3 aromatic rings. The third kappa shape index (κ3) is 8.76. The Bertz CT molecular complexity index is 1150. The molecule has 1 atom stereocenters. The van der Waals surface area contributed by atoms with Gasteiger partial charge in [-0.2, -0.15) is 0 Å². The van der Waals surface area contributed by atoms with E-state index in [1.54, 1.807) is 4.90 Å². The molecule has 0 fully saturated rings.